The van der Waals surface area contributed by atoms with Crippen LogP contribution in [0.3, 0.4) is 0 Å². The summed E-state index contributed by atoms with van der Waals surface area (Å²) < 4.78 is 5.35. The van der Waals surface area contributed by atoms with E-state index in [9.17, 15) is 14.4 Å². The Hall–Kier alpha value is -3.45. The SMILES string of the molecule is Cc1ccc(N2C(=O)C[C@H](C(=O)OCC(=O)Nc3ccccc3C)[C@@H]2c2cccs2)cc1. The molecular formula is C25H24N2O4S. The number of nitrogens with one attached hydrogen (secondary N) is 1. The fraction of sp³-hybridized carbons (Fsp3) is 0.240. The minimum atomic E-state index is -0.686. The summed E-state index contributed by atoms with van der Waals surface area (Å²) in [5.74, 6) is -1.79. The first-order chi connectivity index (χ1) is 15.4. The van der Waals surface area contributed by atoms with E-state index in [1.807, 2.05) is 73.8 Å². The number of hydrogen-bond acceptors (Lipinski definition) is 5. The van der Waals surface area contributed by atoms with E-state index in [0.717, 1.165) is 21.7 Å². The molecule has 0 unspecified atom stereocenters. The molecule has 6 nitrogen and oxygen atoms in total. The van der Waals surface area contributed by atoms with E-state index in [1.165, 1.54) is 11.3 Å². The molecule has 1 N–H and O–H groups in total. The van der Waals surface area contributed by atoms with Crippen molar-refractivity contribution in [3.05, 3.63) is 82.0 Å². The van der Waals surface area contributed by atoms with Crippen molar-refractivity contribution >= 4 is 40.5 Å². The Balaban J connectivity index is 1.49. The van der Waals surface area contributed by atoms with Gasteiger partial charge in [-0.25, -0.2) is 0 Å². The van der Waals surface area contributed by atoms with Gasteiger partial charge in [0.2, 0.25) is 5.91 Å². The molecule has 164 valence electrons. The second-order valence-electron chi connectivity index (χ2n) is 7.84. The van der Waals surface area contributed by atoms with Crippen LogP contribution in [0.1, 0.15) is 28.5 Å². The number of carbonyl (C=O) groups is 3. The van der Waals surface area contributed by atoms with Crippen molar-refractivity contribution in [3.8, 4) is 0 Å². The normalized spacial score (nSPS) is 17.9. The molecule has 2 amide bonds. The number of rotatable bonds is 6. The van der Waals surface area contributed by atoms with Gasteiger partial charge in [-0.15, -0.1) is 11.3 Å². The summed E-state index contributed by atoms with van der Waals surface area (Å²) in [7, 11) is 0. The maximum atomic E-state index is 13.0. The lowest BCUT2D eigenvalue weighted by Gasteiger charge is -2.27. The summed E-state index contributed by atoms with van der Waals surface area (Å²) in [6.45, 7) is 3.46. The van der Waals surface area contributed by atoms with E-state index in [1.54, 1.807) is 11.0 Å². The fourth-order valence-corrected chi connectivity index (χ4v) is 4.76. The average molecular weight is 449 g/mol. The summed E-state index contributed by atoms with van der Waals surface area (Å²) in [6.07, 6.45) is 0.0364. The highest BCUT2D eigenvalue weighted by Crippen LogP contribution is 2.43. The standard InChI is InChI=1S/C25H24N2O4S/c1-16-9-11-18(12-10-16)27-23(29)14-19(24(27)21-8-5-13-32-21)25(30)31-15-22(28)26-20-7-4-3-6-17(20)2/h3-13,19,24H,14-15H2,1-2H3,(H,26,28)/t19-,24+/m0/s1. The van der Waals surface area contributed by atoms with Gasteiger partial charge in [0.15, 0.2) is 6.61 Å². The quantitative estimate of drug-likeness (QED) is 0.558. The monoisotopic (exact) mass is 448 g/mol. The second-order valence-corrected chi connectivity index (χ2v) is 8.82. The van der Waals surface area contributed by atoms with Gasteiger partial charge in [0.25, 0.3) is 5.91 Å². The number of esters is 1. The Morgan fingerprint density at radius 2 is 1.81 bits per heavy atom. The van der Waals surface area contributed by atoms with Crippen molar-refractivity contribution in [1.29, 1.82) is 0 Å². The van der Waals surface area contributed by atoms with Gasteiger partial charge >= 0.3 is 5.97 Å². The molecule has 0 spiro atoms. The van der Waals surface area contributed by atoms with Gasteiger partial charge in [0, 0.05) is 22.7 Å². The first-order valence-corrected chi connectivity index (χ1v) is 11.3. The van der Waals surface area contributed by atoms with Crippen molar-refractivity contribution in [2.45, 2.75) is 26.3 Å². The number of para-hydroxylation sites is 1. The maximum Gasteiger partial charge on any atom is 0.312 e. The summed E-state index contributed by atoms with van der Waals surface area (Å²) in [6, 6.07) is 18.4. The first kappa shape index (κ1) is 21.8. The van der Waals surface area contributed by atoms with Crippen molar-refractivity contribution in [3.63, 3.8) is 0 Å². The average Bonchev–Trinajstić information content (AvgIpc) is 3.42. The maximum absolute atomic E-state index is 13.0. The van der Waals surface area contributed by atoms with Crippen LogP contribution in [0, 0.1) is 19.8 Å². The van der Waals surface area contributed by atoms with Crippen LogP contribution < -0.4 is 10.2 Å². The lowest BCUT2D eigenvalue weighted by molar-refractivity contribution is -0.152. The zero-order chi connectivity index (χ0) is 22.7. The highest BCUT2D eigenvalue weighted by Gasteiger charge is 2.46. The lowest BCUT2D eigenvalue weighted by Crippen LogP contribution is -2.31. The van der Waals surface area contributed by atoms with Crippen molar-refractivity contribution in [2.24, 2.45) is 5.92 Å². The summed E-state index contributed by atoms with van der Waals surface area (Å²) in [5.41, 5.74) is 3.42. The van der Waals surface area contributed by atoms with E-state index in [0.29, 0.717) is 5.69 Å². The topological polar surface area (TPSA) is 75.7 Å². The molecule has 4 rings (SSSR count). The fourth-order valence-electron chi connectivity index (χ4n) is 3.88. The van der Waals surface area contributed by atoms with Gasteiger partial charge in [-0.2, -0.15) is 0 Å². The highest BCUT2D eigenvalue weighted by atomic mass is 32.1. The van der Waals surface area contributed by atoms with Gasteiger partial charge in [-0.05, 0) is 49.1 Å². The zero-order valence-corrected chi connectivity index (χ0v) is 18.7. The third-order valence-corrected chi connectivity index (χ3v) is 6.48. The van der Waals surface area contributed by atoms with Crippen molar-refractivity contribution < 1.29 is 19.1 Å². The minimum absolute atomic E-state index is 0.0364. The van der Waals surface area contributed by atoms with Gasteiger partial charge < -0.3 is 15.0 Å². The Morgan fingerprint density at radius 3 is 2.50 bits per heavy atom. The van der Waals surface area contributed by atoms with Crippen LogP contribution in [0.2, 0.25) is 0 Å². The third-order valence-electron chi connectivity index (χ3n) is 5.54. The van der Waals surface area contributed by atoms with Gasteiger partial charge in [0.05, 0.1) is 12.0 Å². The number of benzene rings is 2. The van der Waals surface area contributed by atoms with Crippen LogP contribution in [0.15, 0.2) is 66.0 Å². The molecule has 1 saturated heterocycles. The van der Waals surface area contributed by atoms with E-state index < -0.39 is 30.4 Å². The number of aryl methyl sites for hydroxylation is 2. The largest absolute Gasteiger partial charge is 0.455 e. The summed E-state index contributed by atoms with van der Waals surface area (Å²) in [4.78, 5) is 40.8. The number of amides is 2. The van der Waals surface area contributed by atoms with Crippen LogP contribution in [-0.4, -0.2) is 24.4 Å². The molecule has 2 aromatic carbocycles. The molecule has 0 aliphatic carbocycles. The molecule has 3 aromatic rings. The number of carbonyl (C=O) groups excluding carboxylic acids is 3. The second kappa shape index (κ2) is 9.36. The van der Waals surface area contributed by atoms with Crippen molar-refractivity contribution in [2.75, 3.05) is 16.8 Å². The molecule has 1 aliphatic rings. The van der Waals surface area contributed by atoms with Gasteiger partial charge in [-0.1, -0.05) is 42.0 Å². The molecule has 0 bridgehead atoms. The highest BCUT2D eigenvalue weighted by molar-refractivity contribution is 7.10. The number of hydrogen-bond donors (Lipinski definition) is 1. The molecule has 7 heteroatoms. The van der Waals surface area contributed by atoms with Crippen LogP contribution >= 0.6 is 11.3 Å². The van der Waals surface area contributed by atoms with Gasteiger partial charge in [0.1, 0.15) is 0 Å². The predicted molar refractivity (Wildman–Crippen MR) is 125 cm³/mol. The van der Waals surface area contributed by atoms with E-state index >= 15 is 0 Å². The van der Waals surface area contributed by atoms with E-state index in [-0.39, 0.29) is 12.3 Å². The number of anilines is 2. The molecule has 1 aliphatic heterocycles. The first-order valence-electron chi connectivity index (χ1n) is 10.4. The molecule has 1 aromatic heterocycles. The molecule has 2 heterocycles. The smallest absolute Gasteiger partial charge is 0.312 e. The Labute approximate surface area is 190 Å². The Morgan fingerprint density at radius 1 is 1.06 bits per heavy atom. The molecule has 1 fully saturated rings. The summed E-state index contributed by atoms with van der Waals surface area (Å²) >= 11 is 1.49. The molecule has 0 radical (unpaired) electrons. The molecule has 32 heavy (non-hydrogen) atoms. The number of thiophene rings is 1. The molecule has 0 saturated carbocycles. The minimum Gasteiger partial charge on any atom is -0.455 e. The van der Waals surface area contributed by atoms with Crippen LogP contribution in [0.25, 0.3) is 0 Å². The number of ether oxygens (including phenoxy) is 1. The van der Waals surface area contributed by atoms with Crippen LogP contribution in [-0.2, 0) is 19.1 Å². The van der Waals surface area contributed by atoms with Crippen LogP contribution in [0.4, 0.5) is 11.4 Å². The van der Waals surface area contributed by atoms with Crippen molar-refractivity contribution in [1.82, 2.24) is 0 Å². The van der Waals surface area contributed by atoms with Crippen LogP contribution in [0.5, 0.6) is 0 Å². The third kappa shape index (κ3) is 4.57. The van der Waals surface area contributed by atoms with E-state index in [4.69, 9.17) is 4.74 Å². The van der Waals surface area contributed by atoms with E-state index in [2.05, 4.69) is 5.32 Å². The Kier molecular flexibility index (Phi) is 6.37. The predicted octanol–water partition coefficient (Wildman–Crippen LogP) is 4.64. The lowest BCUT2D eigenvalue weighted by atomic mass is 9.99. The Bertz CT molecular complexity index is 1130. The molecule has 2 atom stereocenters. The summed E-state index contributed by atoms with van der Waals surface area (Å²) in [5, 5.41) is 4.67. The van der Waals surface area contributed by atoms with Gasteiger partial charge in [-0.3, -0.25) is 14.4 Å². The molecular weight excluding hydrogens is 424 g/mol. The number of nitrogens with zero attached hydrogens (tertiary/aromatic N) is 1. The zero-order valence-electron chi connectivity index (χ0n) is 17.9.